The highest BCUT2D eigenvalue weighted by Gasteiger charge is 2.40. The Morgan fingerprint density at radius 2 is 1.36 bits per heavy atom. The van der Waals surface area contributed by atoms with Crippen molar-refractivity contribution in [3.8, 4) is 0 Å². The van der Waals surface area contributed by atoms with Crippen LogP contribution in [0.5, 0.6) is 0 Å². The van der Waals surface area contributed by atoms with E-state index in [4.69, 9.17) is 0 Å². The van der Waals surface area contributed by atoms with Crippen LogP contribution >= 0.6 is 0 Å². The summed E-state index contributed by atoms with van der Waals surface area (Å²) >= 11 is 0. The van der Waals surface area contributed by atoms with Crippen LogP contribution in [0.3, 0.4) is 0 Å². The first-order valence-electron chi connectivity index (χ1n) is 14.0. The van der Waals surface area contributed by atoms with E-state index in [2.05, 4.69) is 21.3 Å². The second-order valence-electron chi connectivity index (χ2n) is 10.5. The van der Waals surface area contributed by atoms with Gasteiger partial charge in [0.2, 0.25) is 17.7 Å². The molecule has 0 aliphatic carbocycles. The largest absolute Gasteiger partial charge is 0.354 e. The number of amides is 3. The Morgan fingerprint density at radius 1 is 0.738 bits per heavy atom. The van der Waals surface area contributed by atoms with E-state index in [9.17, 15) is 24.5 Å². The zero-order chi connectivity index (χ0) is 29.5. The molecule has 1 heterocycles. The van der Waals surface area contributed by atoms with Gasteiger partial charge in [0.05, 0.1) is 23.2 Å². The topological polar surface area (TPSA) is 142 Å². The monoisotopic (exact) mass is 567 g/mol. The van der Waals surface area contributed by atoms with Crippen molar-refractivity contribution in [1.29, 1.82) is 0 Å². The third kappa shape index (κ3) is 6.39. The van der Waals surface area contributed by atoms with Gasteiger partial charge in [0.1, 0.15) is 5.54 Å². The maximum atomic E-state index is 13.4. The van der Waals surface area contributed by atoms with Gasteiger partial charge in [-0.3, -0.25) is 24.5 Å². The lowest BCUT2D eigenvalue weighted by molar-refractivity contribution is -0.383. The van der Waals surface area contributed by atoms with Gasteiger partial charge >= 0.3 is 0 Å². The highest BCUT2D eigenvalue weighted by atomic mass is 16.6. The van der Waals surface area contributed by atoms with E-state index in [1.807, 2.05) is 42.5 Å². The van der Waals surface area contributed by atoms with E-state index in [1.54, 1.807) is 30.3 Å². The summed E-state index contributed by atoms with van der Waals surface area (Å²) in [6.45, 7) is 1.61. The standard InChI is InChI=1S/C32H33N5O5/c38-29(20-23-8-5-7-22-6-1-2-9-25(22)23)34-18-19-35-31(40)32(14-16-33-17-15-32)36-30(39)21-24-12-13-28(37(41)42)27-11-4-3-10-26(24)27/h1-13,33H,14-21H2,(H,34,38)(H,35,40)(H,36,39). The molecule has 4 aromatic rings. The van der Waals surface area contributed by atoms with Gasteiger partial charge in [-0.15, -0.1) is 0 Å². The zero-order valence-electron chi connectivity index (χ0n) is 23.2. The van der Waals surface area contributed by atoms with Crippen LogP contribution in [0.2, 0.25) is 0 Å². The van der Waals surface area contributed by atoms with Crippen molar-refractivity contribution in [1.82, 2.24) is 21.3 Å². The predicted molar refractivity (Wildman–Crippen MR) is 161 cm³/mol. The number of benzene rings is 4. The molecule has 0 radical (unpaired) electrons. The molecular formula is C32H33N5O5. The van der Waals surface area contributed by atoms with Gasteiger partial charge in [-0.25, -0.2) is 0 Å². The number of carbonyl (C=O) groups excluding carboxylic acids is 3. The van der Waals surface area contributed by atoms with Gasteiger partial charge in [-0.1, -0.05) is 66.7 Å². The summed E-state index contributed by atoms with van der Waals surface area (Å²) in [6.07, 6.45) is 1.04. The van der Waals surface area contributed by atoms with Crippen LogP contribution < -0.4 is 21.3 Å². The number of hydrogen-bond acceptors (Lipinski definition) is 6. The molecule has 0 spiro atoms. The van der Waals surface area contributed by atoms with Gasteiger partial charge < -0.3 is 21.3 Å². The number of piperidine rings is 1. The van der Waals surface area contributed by atoms with Crippen molar-refractivity contribution < 1.29 is 19.3 Å². The average Bonchev–Trinajstić information content (AvgIpc) is 3.00. The lowest BCUT2D eigenvalue weighted by Crippen LogP contribution is -2.63. The number of nitro benzene ring substituents is 1. The third-order valence-electron chi connectivity index (χ3n) is 7.77. The Balaban J connectivity index is 1.18. The molecule has 1 aliphatic heterocycles. The first-order valence-corrected chi connectivity index (χ1v) is 14.0. The molecule has 0 saturated carbocycles. The maximum Gasteiger partial charge on any atom is 0.277 e. The van der Waals surface area contributed by atoms with Gasteiger partial charge in [-0.2, -0.15) is 0 Å². The normalized spacial score (nSPS) is 14.3. The number of non-ortho nitro benzene ring substituents is 1. The molecule has 1 saturated heterocycles. The van der Waals surface area contributed by atoms with Gasteiger partial charge in [0.25, 0.3) is 5.69 Å². The smallest absolute Gasteiger partial charge is 0.277 e. The minimum Gasteiger partial charge on any atom is -0.354 e. The molecule has 0 aromatic heterocycles. The van der Waals surface area contributed by atoms with Crippen molar-refractivity contribution in [2.75, 3.05) is 26.2 Å². The Labute approximate surface area is 243 Å². The van der Waals surface area contributed by atoms with Crippen LogP contribution in [0.25, 0.3) is 21.5 Å². The zero-order valence-corrected chi connectivity index (χ0v) is 23.2. The van der Waals surface area contributed by atoms with E-state index < -0.39 is 10.5 Å². The molecular weight excluding hydrogens is 534 g/mol. The Kier molecular flexibility index (Phi) is 8.73. The molecule has 4 aromatic carbocycles. The molecule has 1 fully saturated rings. The molecule has 10 heteroatoms. The van der Waals surface area contributed by atoms with E-state index in [0.717, 1.165) is 16.3 Å². The number of nitro groups is 1. The van der Waals surface area contributed by atoms with Gasteiger partial charge in [0.15, 0.2) is 0 Å². The number of hydrogen-bond donors (Lipinski definition) is 4. The fourth-order valence-electron chi connectivity index (χ4n) is 5.63. The molecule has 5 rings (SSSR count). The molecule has 10 nitrogen and oxygen atoms in total. The first-order chi connectivity index (χ1) is 20.4. The molecule has 216 valence electrons. The molecule has 0 bridgehead atoms. The number of nitrogens with zero attached hydrogens (tertiary/aromatic N) is 1. The fraction of sp³-hybridized carbons (Fsp3) is 0.281. The van der Waals surface area contributed by atoms with Crippen LogP contribution in [0.15, 0.2) is 78.9 Å². The quantitative estimate of drug-likeness (QED) is 0.132. The summed E-state index contributed by atoms with van der Waals surface area (Å²) in [7, 11) is 0. The Morgan fingerprint density at radius 3 is 2.12 bits per heavy atom. The van der Waals surface area contributed by atoms with Crippen LogP contribution in [0.1, 0.15) is 24.0 Å². The summed E-state index contributed by atoms with van der Waals surface area (Å²) < 4.78 is 0. The molecule has 3 amide bonds. The average molecular weight is 568 g/mol. The Hall–Kier alpha value is -4.83. The lowest BCUT2D eigenvalue weighted by Gasteiger charge is -2.37. The number of fused-ring (bicyclic) bond motifs is 2. The van der Waals surface area contributed by atoms with Crippen molar-refractivity contribution in [2.45, 2.75) is 31.2 Å². The number of nitrogens with one attached hydrogen (secondary N) is 4. The maximum absolute atomic E-state index is 13.4. The molecule has 42 heavy (non-hydrogen) atoms. The second-order valence-corrected chi connectivity index (χ2v) is 10.5. The summed E-state index contributed by atoms with van der Waals surface area (Å²) in [5.41, 5.74) is 0.471. The second kappa shape index (κ2) is 12.8. The van der Waals surface area contributed by atoms with Crippen LogP contribution in [0, 0.1) is 10.1 Å². The molecule has 4 N–H and O–H groups in total. The third-order valence-corrected chi connectivity index (χ3v) is 7.77. The van der Waals surface area contributed by atoms with Crippen molar-refractivity contribution >= 4 is 45.0 Å². The van der Waals surface area contributed by atoms with Crippen LogP contribution in [-0.2, 0) is 27.2 Å². The van der Waals surface area contributed by atoms with E-state index in [-0.39, 0.29) is 49.3 Å². The first kappa shape index (κ1) is 28.7. The van der Waals surface area contributed by atoms with Crippen LogP contribution in [-0.4, -0.2) is 54.4 Å². The molecule has 1 aliphatic rings. The Bertz CT molecular complexity index is 1640. The fourth-order valence-corrected chi connectivity index (χ4v) is 5.63. The van der Waals surface area contributed by atoms with E-state index >= 15 is 0 Å². The highest BCUT2D eigenvalue weighted by Crippen LogP contribution is 2.29. The van der Waals surface area contributed by atoms with Gasteiger partial charge in [-0.05, 0) is 59.3 Å². The van der Waals surface area contributed by atoms with Gasteiger partial charge in [0, 0.05) is 19.2 Å². The predicted octanol–water partition coefficient (Wildman–Crippen LogP) is 3.16. The van der Waals surface area contributed by atoms with Crippen molar-refractivity contribution in [3.63, 3.8) is 0 Å². The van der Waals surface area contributed by atoms with Crippen molar-refractivity contribution in [2.24, 2.45) is 0 Å². The minimum absolute atomic E-state index is 0.0202. The SMILES string of the molecule is O=C(Cc1cccc2ccccc12)NCCNC(=O)C1(NC(=O)Cc2ccc([N+](=O)[O-])c3ccccc23)CCNCC1. The summed E-state index contributed by atoms with van der Waals surface area (Å²) in [5, 5.41) is 26.6. The highest BCUT2D eigenvalue weighted by molar-refractivity contribution is 5.97. The summed E-state index contributed by atoms with van der Waals surface area (Å²) in [5.74, 6) is -0.774. The summed E-state index contributed by atoms with van der Waals surface area (Å²) in [4.78, 5) is 50.2. The molecule has 0 unspecified atom stereocenters. The number of rotatable bonds is 10. The lowest BCUT2D eigenvalue weighted by atomic mass is 9.86. The van der Waals surface area contributed by atoms with E-state index in [0.29, 0.717) is 42.3 Å². The van der Waals surface area contributed by atoms with Crippen LogP contribution in [0.4, 0.5) is 5.69 Å². The molecule has 0 atom stereocenters. The van der Waals surface area contributed by atoms with Crippen molar-refractivity contribution in [3.05, 3.63) is 100 Å². The summed E-state index contributed by atoms with van der Waals surface area (Å²) in [6, 6.07) is 23.7. The van der Waals surface area contributed by atoms with E-state index in [1.165, 1.54) is 6.07 Å². The number of carbonyl (C=O) groups is 3. The minimum atomic E-state index is -1.09.